The molecule has 0 aliphatic carbocycles. The van der Waals surface area contributed by atoms with Crippen LogP contribution < -0.4 is 20.1 Å². The van der Waals surface area contributed by atoms with Crippen molar-refractivity contribution < 1.29 is 24.1 Å². The van der Waals surface area contributed by atoms with E-state index in [0.717, 1.165) is 111 Å². The first-order chi connectivity index (χ1) is 32.5. The zero-order valence-corrected chi connectivity index (χ0v) is 37.6. The van der Waals surface area contributed by atoms with E-state index in [4.69, 9.17) is 42.1 Å². The van der Waals surface area contributed by atoms with E-state index in [0.29, 0.717) is 63.1 Å². The van der Waals surface area contributed by atoms with Crippen molar-refractivity contribution in [2.45, 2.75) is 6.61 Å². The lowest BCUT2D eigenvalue weighted by atomic mass is 10.2. The molecule has 16 nitrogen and oxygen atoms in total. The number of hydrogen-bond donors (Lipinski definition) is 5. The van der Waals surface area contributed by atoms with E-state index in [-0.39, 0.29) is 6.61 Å². The summed E-state index contributed by atoms with van der Waals surface area (Å²) in [7, 11) is 0. The van der Waals surface area contributed by atoms with Gasteiger partial charge in [-0.1, -0.05) is 35.3 Å². The lowest BCUT2D eigenvalue weighted by Crippen LogP contribution is -2.38. The van der Waals surface area contributed by atoms with E-state index in [1.807, 2.05) is 84.9 Å². The Morgan fingerprint density at radius 3 is 1.61 bits per heavy atom. The van der Waals surface area contributed by atoms with Crippen LogP contribution >= 0.6 is 23.2 Å². The van der Waals surface area contributed by atoms with E-state index in [9.17, 15) is 5.11 Å². The molecule has 10 rings (SSSR count). The Balaban J connectivity index is 0.000000166. The number of aliphatic hydroxyl groups is 1. The minimum absolute atomic E-state index is 0.0316. The molecule has 8 aromatic rings. The number of hydrogen-bond acceptors (Lipinski definition) is 14. The number of fused-ring (bicyclic) bond motifs is 2. The second-order valence-corrected chi connectivity index (χ2v) is 16.3. The number of morpholine rings is 2. The highest BCUT2D eigenvalue weighted by molar-refractivity contribution is 6.35. The quantitative estimate of drug-likeness (QED) is 0.0661. The van der Waals surface area contributed by atoms with Crippen molar-refractivity contribution in [3.8, 4) is 34.3 Å². The molecule has 0 radical (unpaired) electrons. The molecular weight excluding hydrogens is 882 g/mol. The molecule has 340 valence electrons. The van der Waals surface area contributed by atoms with E-state index in [2.05, 4.69) is 55.3 Å². The monoisotopic (exact) mass is 929 g/mol. The number of imidazole rings is 2. The number of rotatable bonds is 15. The van der Waals surface area contributed by atoms with Crippen LogP contribution in [0.4, 0.5) is 22.7 Å². The van der Waals surface area contributed by atoms with E-state index >= 15 is 0 Å². The maximum atomic E-state index is 9.42. The molecule has 3 aromatic carbocycles. The molecular formula is C48H49Cl2N11O5. The molecule has 0 bridgehead atoms. The van der Waals surface area contributed by atoms with Gasteiger partial charge in [0.1, 0.15) is 47.4 Å². The van der Waals surface area contributed by atoms with Gasteiger partial charge in [-0.3, -0.25) is 14.8 Å². The number of nitrogens with one attached hydrogen (secondary N) is 4. The molecule has 2 saturated heterocycles. The Hall–Kier alpha value is -6.37. The standard InChI is InChI=1S/C25H26ClN5O3.C23H23ClN6O2/c26-21-15-27-25-23(22(21)28-19-3-1-2-17(14-19)16-32)29-24(30-25)18-4-6-20(7-5-18)34-13-10-31-8-11-33-12-9-31;24-19-15-26-23-21(20(19)27-17-2-1-7-25-14-17)28-22(29-23)16-3-5-18(6-4-16)32-13-10-30-8-11-31-12-9-30/h1-7,14-15,32H,8-13,16H2,(H2,27,28,29,30);1-7,14-15H,8-13H2,(H2,26,27,28,29). The predicted octanol–water partition coefficient (Wildman–Crippen LogP) is 8.35. The molecule has 66 heavy (non-hydrogen) atoms. The highest BCUT2D eigenvalue weighted by atomic mass is 35.5. The Morgan fingerprint density at radius 1 is 0.621 bits per heavy atom. The number of halogens is 2. The lowest BCUT2D eigenvalue weighted by molar-refractivity contribution is 0.0321. The van der Waals surface area contributed by atoms with Gasteiger partial charge in [0, 0.05) is 62.3 Å². The molecule has 0 atom stereocenters. The van der Waals surface area contributed by atoms with Gasteiger partial charge in [-0.15, -0.1) is 0 Å². The number of anilines is 4. The van der Waals surface area contributed by atoms with Crippen LogP contribution in [-0.2, 0) is 16.1 Å². The number of pyridine rings is 3. The van der Waals surface area contributed by atoms with E-state index in [1.54, 1.807) is 24.8 Å². The van der Waals surface area contributed by atoms with Crippen LogP contribution in [0.1, 0.15) is 5.56 Å². The molecule has 2 fully saturated rings. The third-order valence-corrected chi connectivity index (χ3v) is 11.6. The fourth-order valence-corrected chi connectivity index (χ4v) is 7.89. The summed E-state index contributed by atoms with van der Waals surface area (Å²) < 4.78 is 22.6. The van der Waals surface area contributed by atoms with Gasteiger partial charge in [0.05, 0.1) is 78.7 Å². The molecule has 5 N–H and O–H groups in total. The summed E-state index contributed by atoms with van der Waals surface area (Å²) in [6.07, 6.45) is 6.63. The largest absolute Gasteiger partial charge is 0.492 e. The van der Waals surface area contributed by atoms with E-state index in [1.165, 1.54) is 0 Å². The Kier molecular flexibility index (Phi) is 14.8. The molecule has 18 heteroatoms. The highest BCUT2D eigenvalue weighted by Gasteiger charge is 2.17. The zero-order valence-electron chi connectivity index (χ0n) is 36.1. The number of aliphatic hydroxyl groups excluding tert-OH is 1. The Labute approximate surface area is 391 Å². The Bertz CT molecular complexity index is 2820. The van der Waals surface area contributed by atoms with Crippen molar-refractivity contribution >= 4 is 68.3 Å². The summed E-state index contributed by atoms with van der Waals surface area (Å²) in [6.45, 7) is 10.0. The lowest BCUT2D eigenvalue weighted by Gasteiger charge is -2.26. The summed E-state index contributed by atoms with van der Waals surface area (Å²) in [5.41, 5.74) is 8.30. The Morgan fingerprint density at radius 2 is 1.12 bits per heavy atom. The number of aromatic amines is 2. The first-order valence-electron chi connectivity index (χ1n) is 21.7. The first kappa shape index (κ1) is 44.8. The van der Waals surface area contributed by atoms with Crippen molar-refractivity contribution in [2.24, 2.45) is 0 Å². The number of benzene rings is 3. The van der Waals surface area contributed by atoms with Gasteiger partial charge in [0.25, 0.3) is 0 Å². The first-order valence-corrected chi connectivity index (χ1v) is 22.5. The maximum absolute atomic E-state index is 9.42. The second-order valence-electron chi connectivity index (χ2n) is 15.5. The molecule has 5 aromatic heterocycles. The maximum Gasteiger partial charge on any atom is 0.180 e. The van der Waals surface area contributed by atoms with E-state index < -0.39 is 0 Å². The average Bonchev–Trinajstić information content (AvgIpc) is 4.01. The molecule has 0 spiro atoms. The molecule has 7 heterocycles. The molecule has 0 amide bonds. The van der Waals surface area contributed by atoms with Gasteiger partial charge < -0.3 is 44.7 Å². The summed E-state index contributed by atoms with van der Waals surface area (Å²) in [5, 5.41) is 17.0. The van der Waals surface area contributed by atoms with Crippen LogP contribution in [0.15, 0.2) is 110 Å². The zero-order chi connectivity index (χ0) is 45.1. The fourth-order valence-electron chi connectivity index (χ4n) is 7.51. The van der Waals surface area contributed by atoms with Gasteiger partial charge >= 0.3 is 0 Å². The van der Waals surface area contributed by atoms with Gasteiger partial charge in [-0.25, -0.2) is 19.9 Å². The minimum atomic E-state index is -0.0316. The molecule has 0 saturated carbocycles. The average molecular weight is 931 g/mol. The minimum Gasteiger partial charge on any atom is -0.492 e. The van der Waals surface area contributed by atoms with Crippen LogP contribution in [0.25, 0.3) is 45.1 Å². The molecule has 0 unspecified atom stereocenters. The van der Waals surface area contributed by atoms with Crippen molar-refractivity contribution in [3.63, 3.8) is 0 Å². The van der Waals surface area contributed by atoms with Crippen LogP contribution in [0, 0.1) is 0 Å². The summed E-state index contributed by atoms with van der Waals surface area (Å²) in [6, 6.07) is 27.0. The molecule has 2 aliphatic heterocycles. The summed E-state index contributed by atoms with van der Waals surface area (Å²) in [5.74, 6) is 3.05. The van der Waals surface area contributed by atoms with Crippen molar-refractivity contribution in [2.75, 3.05) is 89.5 Å². The van der Waals surface area contributed by atoms with Crippen molar-refractivity contribution in [1.82, 2.24) is 44.7 Å². The van der Waals surface area contributed by atoms with Gasteiger partial charge in [0.2, 0.25) is 0 Å². The third-order valence-electron chi connectivity index (χ3n) is 11.1. The predicted molar refractivity (Wildman–Crippen MR) is 257 cm³/mol. The smallest absolute Gasteiger partial charge is 0.180 e. The summed E-state index contributed by atoms with van der Waals surface area (Å²) >= 11 is 12.9. The second kappa shape index (κ2) is 21.7. The molecule has 2 aliphatic rings. The number of aromatic nitrogens is 7. The van der Waals surface area contributed by atoms with Crippen LogP contribution in [0.2, 0.25) is 10.0 Å². The normalized spacial score (nSPS) is 14.5. The topological polar surface area (TPSA) is 184 Å². The van der Waals surface area contributed by atoms with Gasteiger partial charge in [-0.2, -0.15) is 0 Å². The van der Waals surface area contributed by atoms with Crippen LogP contribution in [0.3, 0.4) is 0 Å². The van der Waals surface area contributed by atoms with Crippen molar-refractivity contribution in [3.05, 3.63) is 125 Å². The third kappa shape index (κ3) is 11.3. The van der Waals surface area contributed by atoms with Crippen molar-refractivity contribution in [1.29, 1.82) is 0 Å². The fraction of sp³-hybridized carbons (Fsp3) is 0.271. The SMILES string of the molecule is Clc1cnc2nc(-c3ccc(OCCN4CCOCC4)cc3)[nH]c2c1Nc1cccnc1.OCc1cccc(Nc2c(Cl)cnc3nc(-c4ccc(OCCN5CCOCC5)cc4)[nH]c23)c1. The van der Waals surface area contributed by atoms with Crippen LogP contribution in [-0.4, -0.2) is 129 Å². The number of ether oxygens (including phenoxy) is 4. The highest BCUT2D eigenvalue weighted by Crippen LogP contribution is 2.35. The van der Waals surface area contributed by atoms with Gasteiger partial charge in [0.15, 0.2) is 11.3 Å². The summed E-state index contributed by atoms with van der Waals surface area (Å²) in [4.78, 5) is 33.5. The van der Waals surface area contributed by atoms with Crippen LogP contribution in [0.5, 0.6) is 11.5 Å². The number of nitrogens with zero attached hydrogens (tertiary/aromatic N) is 7. The van der Waals surface area contributed by atoms with Gasteiger partial charge in [-0.05, 0) is 78.4 Å². The number of H-pyrrole nitrogens is 2.